The van der Waals surface area contributed by atoms with Gasteiger partial charge in [0.05, 0.1) is 37.4 Å². The van der Waals surface area contributed by atoms with Gasteiger partial charge in [0, 0.05) is 18.4 Å². The van der Waals surface area contributed by atoms with Crippen molar-refractivity contribution >= 4 is 23.4 Å². The summed E-state index contributed by atoms with van der Waals surface area (Å²) in [6, 6.07) is 17.5. The molecular weight excluding hydrogens is 398 g/mol. The summed E-state index contributed by atoms with van der Waals surface area (Å²) in [5, 5.41) is 3.74. The second-order valence-corrected chi connectivity index (χ2v) is 8.05. The molecule has 1 saturated heterocycles. The lowest BCUT2D eigenvalue weighted by Gasteiger charge is -2.16. The zero-order valence-corrected chi connectivity index (χ0v) is 17.7. The van der Waals surface area contributed by atoms with Crippen LogP contribution in [0, 0.1) is 0 Å². The summed E-state index contributed by atoms with van der Waals surface area (Å²) >= 11 is 1.44. The third-order valence-electron chi connectivity index (χ3n) is 4.98. The first-order valence-electron chi connectivity index (χ1n) is 10.0. The highest BCUT2D eigenvalue weighted by molar-refractivity contribution is 7.99. The minimum absolute atomic E-state index is 0.0822. The Morgan fingerprint density at radius 2 is 2.13 bits per heavy atom. The maximum atomic E-state index is 12.5. The van der Waals surface area contributed by atoms with Crippen molar-refractivity contribution in [2.45, 2.75) is 30.6 Å². The van der Waals surface area contributed by atoms with Crippen LogP contribution in [0.2, 0.25) is 0 Å². The van der Waals surface area contributed by atoms with Crippen molar-refractivity contribution in [3.63, 3.8) is 0 Å². The van der Waals surface area contributed by atoms with Gasteiger partial charge in [-0.25, -0.2) is 4.98 Å². The fourth-order valence-corrected chi connectivity index (χ4v) is 4.30. The third kappa shape index (κ3) is 5.04. The molecule has 3 aromatic rings. The van der Waals surface area contributed by atoms with E-state index < -0.39 is 0 Å². The Morgan fingerprint density at radius 1 is 1.27 bits per heavy atom. The first kappa shape index (κ1) is 20.5. The Bertz CT molecular complexity index is 984. The average molecular weight is 424 g/mol. The minimum atomic E-state index is -0.0822. The van der Waals surface area contributed by atoms with E-state index in [0.29, 0.717) is 11.4 Å². The Morgan fingerprint density at radius 3 is 2.90 bits per heavy atom. The van der Waals surface area contributed by atoms with Gasteiger partial charge in [0.15, 0.2) is 5.16 Å². The molecule has 4 rings (SSSR count). The van der Waals surface area contributed by atoms with Crippen molar-refractivity contribution in [1.82, 2.24) is 9.55 Å². The lowest BCUT2D eigenvalue weighted by molar-refractivity contribution is -0.113. The number of nitrogens with zero attached hydrogens (tertiary/aromatic N) is 2. The van der Waals surface area contributed by atoms with E-state index in [1.54, 1.807) is 13.2 Å². The largest absolute Gasteiger partial charge is 0.497 e. The first-order chi connectivity index (χ1) is 14.7. The topological polar surface area (TPSA) is 65.4 Å². The normalized spacial score (nSPS) is 15.8. The molecule has 2 aromatic carbocycles. The smallest absolute Gasteiger partial charge is 0.234 e. The van der Waals surface area contributed by atoms with Gasteiger partial charge in [-0.15, -0.1) is 0 Å². The lowest BCUT2D eigenvalue weighted by Crippen LogP contribution is -2.18. The van der Waals surface area contributed by atoms with Gasteiger partial charge in [-0.05, 0) is 30.5 Å². The van der Waals surface area contributed by atoms with Crippen molar-refractivity contribution in [1.29, 1.82) is 0 Å². The standard InChI is InChI=1S/C23H25N3O3S/c1-28-19-10-5-9-18(13-19)25-22(27)16-30-23-24-14-21(17-7-3-2-4-8-17)26(23)15-20-11-6-12-29-20/h2-5,7-10,13-14,20H,6,11-12,15-16H2,1H3,(H,25,27). The Balaban J connectivity index is 1.47. The molecule has 1 amide bonds. The molecule has 156 valence electrons. The highest BCUT2D eigenvalue weighted by Gasteiger charge is 2.21. The SMILES string of the molecule is COc1cccc(NC(=O)CSc2ncc(-c3ccccc3)n2CC2CCCO2)c1. The predicted molar refractivity (Wildman–Crippen MR) is 119 cm³/mol. The van der Waals surface area contributed by atoms with Crippen LogP contribution in [0.25, 0.3) is 11.3 Å². The number of hydrogen-bond acceptors (Lipinski definition) is 5. The lowest BCUT2D eigenvalue weighted by atomic mass is 10.1. The van der Waals surface area contributed by atoms with Gasteiger partial charge in [-0.1, -0.05) is 48.2 Å². The van der Waals surface area contributed by atoms with Crippen LogP contribution in [-0.2, 0) is 16.1 Å². The van der Waals surface area contributed by atoms with E-state index in [1.807, 2.05) is 42.6 Å². The number of nitrogens with one attached hydrogen (secondary N) is 1. The van der Waals surface area contributed by atoms with E-state index in [2.05, 4.69) is 27.0 Å². The summed E-state index contributed by atoms with van der Waals surface area (Å²) in [5.41, 5.74) is 2.87. The number of aromatic nitrogens is 2. The number of amides is 1. The molecule has 0 spiro atoms. The van der Waals surface area contributed by atoms with Gasteiger partial charge in [0.2, 0.25) is 5.91 Å². The van der Waals surface area contributed by atoms with Crippen LogP contribution < -0.4 is 10.1 Å². The Kier molecular flexibility index (Phi) is 6.71. The number of anilines is 1. The van der Waals surface area contributed by atoms with Crippen molar-refractivity contribution in [3.8, 4) is 17.0 Å². The van der Waals surface area contributed by atoms with Crippen molar-refractivity contribution < 1.29 is 14.3 Å². The van der Waals surface area contributed by atoms with Gasteiger partial charge in [-0.2, -0.15) is 0 Å². The van der Waals surface area contributed by atoms with E-state index in [-0.39, 0.29) is 17.8 Å². The summed E-state index contributed by atoms with van der Waals surface area (Å²) in [6.45, 7) is 1.55. The number of imidazole rings is 1. The van der Waals surface area contributed by atoms with Crippen LogP contribution in [0.5, 0.6) is 5.75 Å². The van der Waals surface area contributed by atoms with E-state index in [1.165, 1.54) is 11.8 Å². The number of benzene rings is 2. The maximum absolute atomic E-state index is 12.5. The number of methoxy groups -OCH3 is 1. The van der Waals surface area contributed by atoms with Crippen molar-refractivity contribution in [3.05, 3.63) is 60.8 Å². The molecule has 0 saturated carbocycles. The summed E-state index contributed by atoms with van der Waals surface area (Å²) in [7, 11) is 1.61. The molecule has 1 aliphatic heterocycles. The monoisotopic (exact) mass is 423 g/mol. The van der Waals surface area contributed by atoms with Crippen LogP contribution in [0.4, 0.5) is 5.69 Å². The van der Waals surface area contributed by atoms with Gasteiger partial charge in [-0.3, -0.25) is 4.79 Å². The van der Waals surface area contributed by atoms with Crippen LogP contribution in [-0.4, -0.2) is 41.0 Å². The molecule has 1 aromatic heterocycles. The highest BCUT2D eigenvalue weighted by Crippen LogP contribution is 2.28. The second-order valence-electron chi connectivity index (χ2n) is 7.11. The fraction of sp³-hybridized carbons (Fsp3) is 0.304. The molecule has 7 heteroatoms. The summed E-state index contributed by atoms with van der Waals surface area (Å²) in [5.74, 6) is 0.898. The molecular formula is C23H25N3O3S. The number of hydrogen-bond donors (Lipinski definition) is 1. The Hall–Kier alpha value is -2.77. The zero-order valence-electron chi connectivity index (χ0n) is 16.9. The molecule has 1 atom stereocenters. The maximum Gasteiger partial charge on any atom is 0.234 e. The fourth-order valence-electron chi connectivity index (χ4n) is 3.51. The summed E-state index contributed by atoms with van der Waals surface area (Å²) in [6.07, 6.45) is 4.21. The van der Waals surface area contributed by atoms with Gasteiger partial charge in [0.1, 0.15) is 5.75 Å². The molecule has 1 N–H and O–H groups in total. The molecule has 1 unspecified atom stereocenters. The molecule has 2 heterocycles. The molecule has 1 aliphatic rings. The number of carbonyl (C=O) groups excluding carboxylic acids is 1. The van der Waals surface area contributed by atoms with Gasteiger partial charge >= 0.3 is 0 Å². The molecule has 0 radical (unpaired) electrons. The van der Waals surface area contributed by atoms with Crippen LogP contribution in [0.15, 0.2) is 66.0 Å². The second kappa shape index (κ2) is 9.82. The van der Waals surface area contributed by atoms with Crippen LogP contribution in [0.1, 0.15) is 12.8 Å². The van der Waals surface area contributed by atoms with E-state index in [4.69, 9.17) is 9.47 Å². The van der Waals surface area contributed by atoms with E-state index >= 15 is 0 Å². The predicted octanol–water partition coefficient (Wildman–Crippen LogP) is 4.47. The van der Waals surface area contributed by atoms with E-state index in [0.717, 1.165) is 42.4 Å². The van der Waals surface area contributed by atoms with Gasteiger partial charge in [0.25, 0.3) is 0 Å². The van der Waals surface area contributed by atoms with Crippen molar-refractivity contribution in [2.75, 3.05) is 24.8 Å². The van der Waals surface area contributed by atoms with Crippen molar-refractivity contribution in [2.24, 2.45) is 0 Å². The average Bonchev–Trinajstić information content (AvgIpc) is 3.43. The molecule has 0 bridgehead atoms. The van der Waals surface area contributed by atoms with Crippen LogP contribution in [0.3, 0.4) is 0 Å². The van der Waals surface area contributed by atoms with E-state index in [9.17, 15) is 4.79 Å². The number of carbonyl (C=O) groups is 1. The number of rotatable bonds is 8. The highest BCUT2D eigenvalue weighted by atomic mass is 32.2. The number of ether oxygens (including phenoxy) is 2. The molecule has 6 nitrogen and oxygen atoms in total. The molecule has 0 aliphatic carbocycles. The van der Waals surface area contributed by atoms with Crippen LogP contribution >= 0.6 is 11.8 Å². The third-order valence-corrected chi connectivity index (χ3v) is 5.98. The minimum Gasteiger partial charge on any atom is -0.497 e. The summed E-state index contributed by atoms with van der Waals surface area (Å²) < 4.78 is 13.2. The number of thioether (sulfide) groups is 1. The quantitative estimate of drug-likeness (QED) is 0.542. The van der Waals surface area contributed by atoms with Gasteiger partial charge < -0.3 is 19.4 Å². The summed E-state index contributed by atoms with van der Waals surface area (Å²) in [4.78, 5) is 17.1. The zero-order chi connectivity index (χ0) is 20.8. The molecule has 1 fully saturated rings. The first-order valence-corrected chi connectivity index (χ1v) is 11.0. The Labute approximate surface area is 180 Å². The molecule has 30 heavy (non-hydrogen) atoms.